The molecular weight excluding hydrogens is 432 g/mol. The largest absolute Gasteiger partial charge is 0.480 e. The fraction of sp³-hybridized carbons (Fsp3) is 0.409. The van der Waals surface area contributed by atoms with Crippen LogP contribution in [-0.2, 0) is 19.6 Å². The second-order valence-electron chi connectivity index (χ2n) is 7.66. The second-order valence-corrected chi connectivity index (χ2v) is 9.38. The van der Waals surface area contributed by atoms with Crippen molar-refractivity contribution in [2.45, 2.75) is 49.1 Å². The number of unbranched alkanes of at least 4 members (excludes halogenated alkanes) is 1. The summed E-state index contributed by atoms with van der Waals surface area (Å²) in [6.45, 7) is 0.466. The smallest absolute Gasteiger partial charge is 0.323 e. The molecule has 0 fully saturated rings. The molecule has 2 aliphatic heterocycles. The molecular formula is C22H28N4O5S. The van der Waals surface area contributed by atoms with E-state index >= 15 is 0 Å². The highest BCUT2D eigenvalue weighted by Crippen LogP contribution is 2.16. The number of aliphatic carboxylic acids is 1. The number of nitrogens with one attached hydrogen (secondary N) is 3. The molecule has 0 aromatic heterocycles. The number of amidine groups is 1. The van der Waals surface area contributed by atoms with Crippen LogP contribution in [0.3, 0.4) is 0 Å². The number of amides is 1. The molecule has 0 saturated carbocycles. The van der Waals surface area contributed by atoms with Gasteiger partial charge in [-0.2, -0.15) is 4.72 Å². The van der Waals surface area contributed by atoms with Crippen LogP contribution in [-0.4, -0.2) is 56.4 Å². The molecule has 4 N–H and O–H groups in total. The van der Waals surface area contributed by atoms with Crippen LogP contribution in [0.25, 0.3) is 0 Å². The highest BCUT2D eigenvalue weighted by atomic mass is 32.2. The molecule has 0 aliphatic carbocycles. The molecule has 2 aliphatic rings. The van der Waals surface area contributed by atoms with Crippen LogP contribution in [0, 0.1) is 0 Å². The van der Waals surface area contributed by atoms with Gasteiger partial charge in [0.1, 0.15) is 11.9 Å². The number of carbonyl (C=O) groups excluding carboxylic acids is 1. The zero-order chi connectivity index (χ0) is 23.0. The third kappa shape index (κ3) is 6.76. The maximum Gasteiger partial charge on any atom is 0.323 e. The van der Waals surface area contributed by atoms with Crippen molar-refractivity contribution in [3.63, 3.8) is 0 Å². The maximum absolute atomic E-state index is 12.3. The van der Waals surface area contributed by atoms with E-state index in [0.29, 0.717) is 6.42 Å². The van der Waals surface area contributed by atoms with E-state index in [1.807, 2.05) is 0 Å². The number of carboxylic acids is 1. The van der Waals surface area contributed by atoms with Crippen molar-refractivity contribution >= 4 is 27.7 Å². The van der Waals surface area contributed by atoms with Gasteiger partial charge < -0.3 is 15.7 Å². The zero-order valence-electron chi connectivity index (χ0n) is 17.7. The van der Waals surface area contributed by atoms with Gasteiger partial charge in [0.25, 0.3) is 0 Å². The van der Waals surface area contributed by atoms with Gasteiger partial charge in [-0.3, -0.25) is 14.6 Å². The number of nitrogens with zero attached hydrogens (tertiary/aromatic N) is 1. The fourth-order valence-corrected chi connectivity index (χ4v) is 4.67. The van der Waals surface area contributed by atoms with Gasteiger partial charge in [0, 0.05) is 31.1 Å². The predicted octanol–water partition coefficient (Wildman–Crippen LogP) is 1.35. The van der Waals surface area contributed by atoms with Crippen molar-refractivity contribution in [3.8, 4) is 0 Å². The minimum atomic E-state index is -4.00. The van der Waals surface area contributed by atoms with E-state index in [2.05, 4.69) is 38.6 Å². The van der Waals surface area contributed by atoms with E-state index in [9.17, 15) is 23.1 Å². The van der Waals surface area contributed by atoms with Crippen molar-refractivity contribution in [3.05, 3.63) is 54.1 Å². The van der Waals surface area contributed by atoms with Crippen LogP contribution in [0.5, 0.6) is 0 Å². The van der Waals surface area contributed by atoms with Crippen LogP contribution in [0.4, 0.5) is 0 Å². The molecule has 1 aromatic carbocycles. The number of sulfonamides is 1. The first-order valence-electron chi connectivity index (χ1n) is 10.6. The lowest BCUT2D eigenvalue weighted by molar-refractivity contribution is -0.138. The number of aliphatic imine (C=N–C) groups is 1. The Bertz CT molecular complexity index is 1020. The standard InChI is InChI=1S/C22H28N4O5S/c27-20(11-5-4-8-17-13-12-16-7-6-14-23-21(16)25-17)24-15-19(22(28)29)26-32(30,31)18-9-2-1-3-10-18/h1-3,7,9-10,12-13,17,19,26H,4-6,8,11,14-15H2,(H,23,25)(H,24,27)(H,28,29). The lowest BCUT2D eigenvalue weighted by Gasteiger charge is -2.25. The summed E-state index contributed by atoms with van der Waals surface area (Å²) >= 11 is 0. The van der Waals surface area contributed by atoms with E-state index in [1.54, 1.807) is 18.2 Å². The molecule has 0 radical (unpaired) electrons. The number of rotatable bonds is 11. The van der Waals surface area contributed by atoms with Gasteiger partial charge in [-0.15, -0.1) is 0 Å². The third-order valence-corrected chi connectivity index (χ3v) is 6.68. The average Bonchev–Trinajstić information content (AvgIpc) is 2.79. The monoisotopic (exact) mass is 460 g/mol. The molecule has 2 heterocycles. The summed E-state index contributed by atoms with van der Waals surface area (Å²) in [4.78, 5) is 28.0. The average molecular weight is 461 g/mol. The Kier molecular flexibility index (Phi) is 8.18. The topological polar surface area (TPSA) is 137 Å². The van der Waals surface area contributed by atoms with Crippen molar-refractivity contribution in [2.24, 2.45) is 4.99 Å². The minimum Gasteiger partial charge on any atom is -0.480 e. The number of carbonyl (C=O) groups is 2. The van der Waals surface area contributed by atoms with Gasteiger partial charge in [-0.05, 0) is 31.4 Å². The lowest BCUT2D eigenvalue weighted by atomic mass is 10.0. The van der Waals surface area contributed by atoms with Crippen LogP contribution >= 0.6 is 0 Å². The molecule has 1 amide bonds. The lowest BCUT2D eigenvalue weighted by Crippen LogP contribution is -2.48. The molecule has 0 saturated heterocycles. The molecule has 0 bridgehead atoms. The minimum absolute atomic E-state index is 0.0373. The normalized spacial score (nSPS) is 18.6. The summed E-state index contributed by atoms with van der Waals surface area (Å²) in [6, 6.07) is 6.21. The van der Waals surface area contributed by atoms with Crippen LogP contribution in [0.1, 0.15) is 32.1 Å². The van der Waals surface area contributed by atoms with Crippen LogP contribution in [0.15, 0.2) is 64.0 Å². The second kappa shape index (κ2) is 11.1. The Hall–Kier alpha value is -2.98. The highest BCUT2D eigenvalue weighted by molar-refractivity contribution is 7.89. The van der Waals surface area contributed by atoms with Crippen molar-refractivity contribution in [1.29, 1.82) is 0 Å². The summed E-state index contributed by atoms with van der Waals surface area (Å²) in [5.41, 5.74) is 1.13. The Morgan fingerprint density at radius 2 is 2.00 bits per heavy atom. The predicted molar refractivity (Wildman–Crippen MR) is 121 cm³/mol. The Morgan fingerprint density at radius 3 is 2.75 bits per heavy atom. The van der Waals surface area contributed by atoms with E-state index in [0.717, 1.165) is 37.2 Å². The van der Waals surface area contributed by atoms with Gasteiger partial charge in [0.2, 0.25) is 15.9 Å². The molecule has 2 unspecified atom stereocenters. The van der Waals surface area contributed by atoms with Crippen molar-refractivity contribution < 1.29 is 23.1 Å². The van der Waals surface area contributed by atoms with Crippen LogP contribution < -0.4 is 15.4 Å². The number of fused-ring (bicyclic) bond motifs is 1. The number of benzene rings is 1. The summed E-state index contributed by atoms with van der Waals surface area (Å²) < 4.78 is 26.8. The molecule has 32 heavy (non-hydrogen) atoms. The van der Waals surface area contributed by atoms with Gasteiger partial charge in [-0.25, -0.2) is 8.42 Å². The van der Waals surface area contributed by atoms with Crippen LogP contribution in [0.2, 0.25) is 0 Å². The van der Waals surface area contributed by atoms with Gasteiger partial charge in [-0.1, -0.05) is 42.8 Å². The quantitative estimate of drug-likeness (QED) is 0.368. The van der Waals surface area contributed by atoms with E-state index in [1.165, 1.54) is 12.1 Å². The molecule has 9 nitrogen and oxygen atoms in total. The first kappa shape index (κ1) is 23.7. The highest BCUT2D eigenvalue weighted by Gasteiger charge is 2.25. The Balaban J connectivity index is 1.39. The first-order chi connectivity index (χ1) is 15.3. The number of hydrogen-bond acceptors (Lipinski definition) is 6. The number of hydrogen-bond donors (Lipinski definition) is 4. The number of carboxylic acid groups (broad SMARTS) is 1. The van der Waals surface area contributed by atoms with E-state index < -0.39 is 22.0 Å². The summed E-state index contributed by atoms with van der Waals surface area (Å²) in [5, 5.41) is 15.2. The molecule has 2 atom stereocenters. The fourth-order valence-electron chi connectivity index (χ4n) is 3.46. The summed E-state index contributed by atoms with van der Waals surface area (Å²) in [6.07, 6.45) is 9.84. The zero-order valence-corrected chi connectivity index (χ0v) is 18.5. The SMILES string of the molecule is O=C(CCCCC1C=CC2=CCCN=C2N1)NCC(NS(=O)(=O)c1ccccc1)C(=O)O. The van der Waals surface area contributed by atoms with E-state index in [4.69, 9.17) is 0 Å². The van der Waals surface area contributed by atoms with Gasteiger partial charge in [0.05, 0.1) is 4.90 Å². The third-order valence-electron chi connectivity index (χ3n) is 5.19. The van der Waals surface area contributed by atoms with Crippen molar-refractivity contribution in [2.75, 3.05) is 13.1 Å². The maximum atomic E-state index is 12.3. The van der Waals surface area contributed by atoms with Gasteiger partial charge >= 0.3 is 5.97 Å². The van der Waals surface area contributed by atoms with Crippen molar-refractivity contribution in [1.82, 2.24) is 15.4 Å². The molecule has 10 heteroatoms. The summed E-state index contributed by atoms with van der Waals surface area (Å²) in [7, 11) is -4.00. The number of dihydropyridines is 1. The van der Waals surface area contributed by atoms with E-state index in [-0.39, 0.29) is 29.8 Å². The Labute approximate surface area is 187 Å². The first-order valence-corrected chi connectivity index (χ1v) is 12.1. The molecule has 1 aromatic rings. The molecule has 3 rings (SSSR count). The molecule has 0 spiro atoms. The Morgan fingerprint density at radius 1 is 1.22 bits per heavy atom. The van der Waals surface area contributed by atoms with Gasteiger partial charge in [0.15, 0.2) is 0 Å². The summed E-state index contributed by atoms with van der Waals surface area (Å²) in [5.74, 6) is -0.748. The molecule has 172 valence electrons.